The molecular formula is C29H38FN5O2. The summed E-state index contributed by atoms with van der Waals surface area (Å²) in [6, 6.07) is 4.90. The minimum atomic E-state index is -0.294. The summed E-state index contributed by atoms with van der Waals surface area (Å²) in [5.41, 5.74) is 11.6. The number of nitrogens with two attached hydrogens (primary N) is 1. The maximum absolute atomic E-state index is 14.3. The van der Waals surface area contributed by atoms with E-state index in [0.717, 1.165) is 58.8 Å². The standard InChI is InChI=1S/C27H34FN5O.C2H4O/c1-6-8-9-19(7-2)24-14-21(28)10-11-23(24)20-12-25(31-17-29)27(18(3)30-4)26(13-20)32-34-22-15-33(5)16-22;1-2-3/h6-11,14,20,22H,2,4,12-13,15-17,29H2,1,3,5H3;2H,1H3/b8-6-,19-9+,27-18+,31-25-,32-26+;. The van der Waals surface area contributed by atoms with Crippen molar-refractivity contribution in [2.45, 2.75) is 45.6 Å². The van der Waals surface area contributed by atoms with Crippen LogP contribution in [0.1, 0.15) is 50.7 Å². The molecule has 0 bridgehead atoms. The lowest BCUT2D eigenvalue weighted by atomic mass is 9.76. The molecule has 8 heteroatoms. The number of allylic oxidation sites excluding steroid dienone is 7. The first-order valence-electron chi connectivity index (χ1n) is 12.3. The molecular weight excluding hydrogens is 469 g/mol. The average Bonchev–Trinajstić information content (AvgIpc) is 2.86. The minimum Gasteiger partial charge on any atom is -0.390 e. The van der Waals surface area contributed by atoms with E-state index in [-0.39, 0.29) is 24.5 Å². The van der Waals surface area contributed by atoms with Crippen molar-refractivity contribution in [3.8, 4) is 0 Å². The normalized spacial score (nSPS) is 22.3. The number of oxime groups is 1. The molecule has 2 aliphatic rings. The zero-order chi connectivity index (χ0) is 27.4. The molecule has 1 saturated carbocycles. The molecule has 0 radical (unpaired) electrons. The molecule has 2 N–H and O–H groups in total. The molecule has 1 saturated heterocycles. The van der Waals surface area contributed by atoms with Crippen molar-refractivity contribution in [2.75, 3.05) is 26.8 Å². The van der Waals surface area contributed by atoms with Crippen molar-refractivity contribution in [3.05, 3.63) is 77.3 Å². The van der Waals surface area contributed by atoms with Crippen LogP contribution in [0.15, 0.2) is 75.5 Å². The largest absolute Gasteiger partial charge is 0.390 e. The Labute approximate surface area is 219 Å². The molecule has 3 rings (SSSR count). The smallest absolute Gasteiger partial charge is 0.152 e. The zero-order valence-electron chi connectivity index (χ0n) is 22.3. The molecule has 1 heterocycles. The number of aldehydes is 1. The van der Waals surface area contributed by atoms with Crippen LogP contribution in [0.25, 0.3) is 5.57 Å². The van der Waals surface area contributed by atoms with Gasteiger partial charge in [-0.2, -0.15) is 0 Å². The first-order valence-corrected chi connectivity index (χ1v) is 12.3. The van der Waals surface area contributed by atoms with Crippen LogP contribution in [0.3, 0.4) is 0 Å². The number of hydrogen-bond acceptors (Lipinski definition) is 7. The summed E-state index contributed by atoms with van der Waals surface area (Å²) < 4.78 is 14.3. The predicted octanol–water partition coefficient (Wildman–Crippen LogP) is 5.07. The lowest BCUT2D eigenvalue weighted by Gasteiger charge is -2.34. The van der Waals surface area contributed by atoms with Crippen LogP contribution < -0.4 is 5.73 Å². The third-order valence-corrected chi connectivity index (χ3v) is 6.13. The molecule has 1 atom stereocenters. The molecule has 0 aromatic heterocycles. The lowest BCUT2D eigenvalue weighted by molar-refractivity contribution is -0.106. The molecule has 0 spiro atoms. The van der Waals surface area contributed by atoms with Gasteiger partial charge in [0.25, 0.3) is 0 Å². The fourth-order valence-corrected chi connectivity index (χ4v) is 4.41. The Morgan fingerprint density at radius 3 is 2.51 bits per heavy atom. The summed E-state index contributed by atoms with van der Waals surface area (Å²) >= 11 is 0. The number of benzene rings is 1. The quantitative estimate of drug-likeness (QED) is 0.230. The molecule has 37 heavy (non-hydrogen) atoms. The third kappa shape index (κ3) is 8.00. The number of halogens is 1. The average molecular weight is 508 g/mol. The van der Waals surface area contributed by atoms with Crippen LogP contribution >= 0.6 is 0 Å². The predicted molar refractivity (Wildman–Crippen MR) is 152 cm³/mol. The van der Waals surface area contributed by atoms with Crippen LogP contribution in [-0.4, -0.2) is 62.2 Å². The Kier molecular flexibility index (Phi) is 12.0. The van der Waals surface area contributed by atoms with E-state index in [9.17, 15) is 4.39 Å². The van der Waals surface area contributed by atoms with Gasteiger partial charge in [0, 0.05) is 36.5 Å². The first-order chi connectivity index (χ1) is 17.8. The number of aliphatic imine (C=N–C) groups is 2. The first kappa shape index (κ1) is 29.7. The highest BCUT2D eigenvalue weighted by atomic mass is 19.1. The van der Waals surface area contributed by atoms with E-state index in [2.05, 4.69) is 33.3 Å². The van der Waals surface area contributed by atoms with Gasteiger partial charge in [-0.15, -0.1) is 0 Å². The summed E-state index contributed by atoms with van der Waals surface area (Å²) in [7, 11) is 2.04. The van der Waals surface area contributed by atoms with Gasteiger partial charge in [-0.1, -0.05) is 42.1 Å². The van der Waals surface area contributed by atoms with E-state index >= 15 is 0 Å². The molecule has 7 nitrogen and oxygen atoms in total. The Bertz CT molecular complexity index is 1130. The fraction of sp³-hybridized carbons (Fsp3) is 0.379. The van der Waals surface area contributed by atoms with Crippen LogP contribution in [0.4, 0.5) is 4.39 Å². The van der Waals surface area contributed by atoms with Gasteiger partial charge in [0.1, 0.15) is 12.1 Å². The van der Waals surface area contributed by atoms with Gasteiger partial charge >= 0.3 is 0 Å². The van der Waals surface area contributed by atoms with E-state index < -0.39 is 0 Å². The second kappa shape index (κ2) is 14.9. The van der Waals surface area contributed by atoms with Crippen LogP contribution in [0, 0.1) is 5.82 Å². The van der Waals surface area contributed by atoms with E-state index in [0.29, 0.717) is 12.8 Å². The Morgan fingerprint density at radius 1 is 1.27 bits per heavy atom. The van der Waals surface area contributed by atoms with E-state index in [1.165, 1.54) is 13.0 Å². The molecule has 1 aliphatic carbocycles. The highest BCUT2D eigenvalue weighted by Crippen LogP contribution is 2.38. The SMILES string of the molecule is C=C/C(=C\C=C/C)c1cc(F)ccc1C1CC(=N/CN)/C(=C(/C)N=C)C(=N/OC2CN(C)C2)/C1.CC=O. The molecule has 198 valence electrons. The maximum Gasteiger partial charge on any atom is 0.152 e. The summed E-state index contributed by atoms with van der Waals surface area (Å²) in [4.78, 5) is 25.6. The molecule has 2 fully saturated rings. The molecule has 0 amide bonds. The van der Waals surface area contributed by atoms with Crippen molar-refractivity contribution < 1.29 is 14.0 Å². The number of likely N-dealkylation sites (N-methyl/N-ethyl adjacent to an activating group) is 1. The fourth-order valence-electron chi connectivity index (χ4n) is 4.41. The number of likely N-dealkylation sites (tertiary alicyclic amines) is 1. The van der Waals surface area contributed by atoms with Gasteiger partial charge < -0.3 is 15.4 Å². The Hall–Kier alpha value is -3.49. The number of hydrogen-bond donors (Lipinski definition) is 1. The zero-order valence-corrected chi connectivity index (χ0v) is 22.3. The summed E-state index contributed by atoms with van der Waals surface area (Å²) in [5, 5.41) is 4.56. The molecule has 1 aliphatic heterocycles. The van der Waals surface area contributed by atoms with Crippen molar-refractivity contribution in [3.63, 3.8) is 0 Å². The van der Waals surface area contributed by atoms with Crippen molar-refractivity contribution in [1.29, 1.82) is 0 Å². The monoisotopic (exact) mass is 507 g/mol. The Balaban J connectivity index is 0.00000153. The molecule has 1 aromatic carbocycles. The number of rotatable bonds is 8. The highest BCUT2D eigenvalue weighted by molar-refractivity contribution is 6.27. The molecule has 1 unspecified atom stereocenters. The van der Waals surface area contributed by atoms with Gasteiger partial charge in [-0.3, -0.25) is 14.9 Å². The lowest BCUT2D eigenvalue weighted by Crippen LogP contribution is -2.49. The van der Waals surface area contributed by atoms with Crippen LogP contribution in [-0.2, 0) is 9.63 Å². The van der Waals surface area contributed by atoms with Crippen molar-refractivity contribution >= 4 is 30.0 Å². The highest BCUT2D eigenvalue weighted by Gasteiger charge is 2.33. The van der Waals surface area contributed by atoms with E-state index in [1.54, 1.807) is 12.1 Å². The van der Waals surface area contributed by atoms with Gasteiger partial charge in [-0.05, 0) is 75.7 Å². The summed E-state index contributed by atoms with van der Waals surface area (Å²) in [5.74, 6) is -0.292. The molecule has 1 aromatic rings. The van der Waals surface area contributed by atoms with Crippen LogP contribution in [0.2, 0.25) is 0 Å². The second-order valence-corrected chi connectivity index (χ2v) is 8.82. The van der Waals surface area contributed by atoms with Crippen LogP contribution in [0.5, 0.6) is 0 Å². The second-order valence-electron chi connectivity index (χ2n) is 8.82. The van der Waals surface area contributed by atoms with Gasteiger partial charge in [0.05, 0.1) is 12.4 Å². The van der Waals surface area contributed by atoms with Crippen molar-refractivity contribution in [1.82, 2.24) is 4.90 Å². The van der Waals surface area contributed by atoms with Gasteiger partial charge in [0.15, 0.2) is 6.10 Å². The van der Waals surface area contributed by atoms with Crippen molar-refractivity contribution in [2.24, 2.45) is 20.9 Å². The maximum atomic E-state index is 14.3. The Morgan fingerprint density at radius 2 is 1.95 bits per heavy atom. The number of carbonyl (C=O) groups is 1. The topological polar surface area (TPSA) is 92.6 Å². The summed E-state index contributed by atoms with van der Waals surface area (Å²) in [6.45, 7) is 14.7. The minimum absolute atomic E-state index is 0.00244. The number of nitrogens with zero attached hydrogens (tertiary/aromatic N) is 4. The number of carbonyl (C=O) groups excluding carboxylic acids is 1. The summed E-state index contributed by atoms with van der Waals surface area (Å²) in [6.07, 6.45) is 9.56. The third-order valence-electron chi connectivity index (χ3n) is 6.13. The van der Waals surface area contributed by atoms with E-state index in [4.69, 9.17) is 15.4 Å². The van der Waals surface area contributed by atoms with Gasteiger partial charge in [0.2, 0.25) is 0 Å². The van der Waals surface area contributed by atoms with E-state index in [1.807, 2.05) is 45.2 Å². The van der Waals surface area contributed by atoms with Gasteiger partial charge in [-0.25, -0.2) is 4.39 Å².